The number of aromatic amines is 1. The second-order valence-corrected chi connectivity index (χ2v) is 4.33. The number of aromatic nitrogens is 2. The average molecular weight is 246 g/mol. The van der Waals surface area contributed by atoms with Crippen molar-refractivity contribution >= 4 is 22.3 Å². The van der Waals surface area contributed by atoms with Gasteiger partial charge in [-0.3, -0.25) is 5.10 Å². The van der Waals surface area contributed by atoms with Gasteiger partial charge in [0.1, 0.15) is 0 Å². The lowest BCUT2D eigenvalue weighted by Crippen LogP contribution is -2.11. The van der Waals surface area contributed by atoms with Crippen LogP contribution in [0.25, 0.3) is 10.9 Å². The van der Waals surface area contributed by atoms with E-state index in [-0.39, 0.29) is 0 Å². The van der Waals surface area contributed by atoms with Crippen molar-refractivity contribution in [1.29, 1.82) is 0 Å². The Bertz CT molecular complexity index is 547. The molecular weight excluding hydrogens is 228 g/mol. The SMILES string of the molecule is C=C(C)COCCNc1cc2[nH]ncc2cc1N. The van der Waals surface area contributed by atoms with Crippen LogP contribution >= 0.6 is 0 Å². The van der Waals surface area contributed by atoms with Crippen LogP contribution < -0.4 is 11.1 Å². The third-order valence-electron chi connectivity index (χ3n) is 2.52. The second kappa shape index (κ2) is 5.55. The summed E-state index contributed by atoms with van der Waals surface area (Å²) in [6.45, 7) is 7.64. The minimum absolute atomic E-state index is 0.594. The van der Waals surface area contributed by atoms with Crippen LogP contribution in [0.4, 0.5) is 11.4 Å². The highest BCUT2D eigenvalue weighted by atomic mass is 16.5. The largest absolute Gasteiger partial charge is 0.397 e. The molecule has 0 saturated heterocycles. The summed E-state index contributed by atoms with van der Waals surface area (Å²) in [6, 6.07) is 3.85. The minimum atomic E-state index is 0.594. The van der Waals surface area contributed by atoms with Crippen molar-refractivity contribution in [3.05, 3.63) is 30.5 Å². The van der Waals surface area contributed by atoms with Gasteiger partial charge in [-0.2, -0.15) is 5.10 Å². The van der Waals surface area contributed by atoms with Crippen LogP contribution in [-0.2, 0) is 4.74 Å². The van der Waals surface area contributed by atoms with Crippen LogP contribution in [0.15, 0.2) is 30.5 Å². The van der Waals surface area contributed by atoms with E-state index < -0.39 is 0 Å². The topological polar surface area (TPSA) is 76.0 Å². The Labute approximate surface area is 106 Å². The molecule has 0 aliphatic rings. The summed E-state index contributed by atoms with van der Waals surface area (Å²) in [5.41, 5.74) is 9.54. The quantitative estimate of drug-likeness (QED) is 0.414. The van der Waals surface area contributed by atoms with Gasteiger partial charge >= 0.3 is 0 Å². The molecule has 0 bridgehead atoms. The van der Waals surface area contributed by atoms with Gasteiger partial charge in [-0.05, 0) is 19.1 Å². The van der Waals surface area contributed by atoms with Crippen LogP contribution in [0.2, 0.25) is 0 Å². The first-order valence-electron chi connectivity index (χ1n) is 5.85. The molecule has 0 unspecified atom stereocenters. The van der Waals surface area contributed by atoms with E-state index in [4.69, 9.17) is 10.5 Å². The van der Waals surface area contributed by atoms with Gasteiger partial charge < -0.3 is 15.8 Å². The van der Waals surface area contributed by atoms with Gasteiger partial charge in [0.2, 0.25) is 0 Å². The van der Waals surface area contributed by atoms with Crippen LogP contribution in [0, 0.1) is 0 Å². The lowest BCUT2D eigenvalue weighted by atomic mass is 10.2. The first kappa shape index (κ1) is 12.4. The molecule has 2 rings (SSSR count). The fourth-order valence-corrected chi connectivity index (χ4v) is 1.67. The van der Waals surface area contributed by atoms with Gasteiger partial charge in [0.15, 0.2) is 0 Å². The fraction of sp³-hybridized carbons (Fsp3) is 0.308. The Kier molecular flexibility index (Phi) is 3.84. The summed E-state index contributed by atoms with van der Waals surface area (Å²) in [5.74, 6) is 0. The molecule has 0 radical (unpaired) electrons. The third kappa shape index (κ3) is 3.01. The lowest BCUT2D eigenvalue weighted by Gasteiger charge is -2.10. The number of nitrogens with zero attached hydrogens (tertiary/aromatic N) is 1. The van der Waals surface area contributed by atoms with E-state index in [2.05, 4.69) is 22.1 Å². The van der Waals surface area contributed by atoms with Crippen molar-refractivity contribution in [2.24, 2.45) is 0 Å². The number of fused-ring (bicyclic) bond motifs is 1. The van der Waals surface area contributed by atoms with Crippen LogP contribution in [0.5, 0.6) is 0 Å². The highest BCUT2D eigenvalue weighted by Gasteiger charge is 2.03. The zero-order valence-corrected chi connectivity index (χ0v) is 10.5. The summed E-state index contributed by atoms with van der Waals surface area (Å²) in [5, 5.41) is 11.1. The molecule has 5 nitrogen and oxygen atoms in total. The monoisotopic (exact) mass is 246 g/mol. The van der Waals surface area contributed by atoms with E-state index in [0.29, 0.717) is 25.4 Å². The molecule has 18 heavy (non-hydrogen) atoms. The van der Waals surface area contributed by atoms with Crippen LogP contribution in [0.3, 0.4) is 0 Å². The smallest absolute Gasteiger partial charge is 0.0672 e. The normalized spacial score (nSPS) is 10.7. The lowest BCUT2D eigenvalue weighted by molar-refractivity contribution is 0.167. The van der Waals surface area contributed by atoms with Crippen molar-refractivity contribution < 1.29 is 4.74 Å². The zero-order chi connectivity index (χ0) is 13.0. The van der Waals surface area contributed by atoms with Gasteiger partial charge in [-0.1, -0.05) is 12.2 Å². The molecule has 5 heteroatoms. The van der Waals surface area contributed by atoms with E-state index in [9.17, 15) is 0 Å². The number of nitrogens with two attached hydrogens (primary N) is 1. The molecule has 1 aromatic carbocycles. The molecule has 0 aliphatic heterocycles. The van der Waals surface area contributed by atoms with Gasteiger partial charge in [-0.15, -0.1) is 0 Å². The second-order valence-electron chi connectivity index (χ2n) is 4.33. The molecule has 0 saturated carbocycles. The molecule has 1 heterocycles. The Morgan fingerprint density at radius 3 is 3.17 bits per heavy atom. The van der Waals surface area contributed by atoms with Crippen molar-refractivity contribution in [3.63, 3.8) is 0 Å². The van der Waals surface area contributed by atoms with E-state index in [0.717, 1.165) is 22.2 Å². The maximum atomic E-state index is 5.95. The number of nitrogen functional groups attached to an aromatic ring is 1. The van der Waals surface area contributed by atoms with E-state index in [1.165, 1.54) is 0 Å². The summed E-state index contributed by atoms with van der Waals surface area (Å²) < 4.78 is 5.41. The predicted molar refractivity (Wildman–Crippen MR) is 74.6 cm³/mol. The maximum absolute atomic E-state index is 5.95. The molecule has 0 aliphatic carbocycles. The molecule has 2 aromatic rings. The molecule has 0 spiro atoms. The number of hydrogen-bond donors (Lipinski definition) is 3. The Hall–Kier alpha value is -2.01. The predicted octanol–water partition coefficient (Wildman–Crippen LogP) is 2.15. The van der Waals surface area contributed by atoms with Crippen molar-refractivity contribution in [2.45, 2.75) is 6.92 Å². The first-order chi connectivity index (χ1) is 8.66. The maximum Gasteiger partial charge on any atom is 0.0672 e. The van der Waals surface area contributed by atoms with Gasteiger partial charge in [-0.25, -0.2) is 0 Å². The number of ether oxygens (including phenoxy) is 1. The number of rotatable bonds is 6. The number of H-pyrrole nitrogens is 1. The van der Waals surface area contributed by atoms with Gasteiger partial charge in [0.05, 0.1) is 36.3 Å². The third-order valence-corrected chi connectivity index (χ3v) is 2.52. The molecule has 0 atom stereocenters. The number of anilines is 2. The van der Waals surface area contributed by atoms with Gasteiger partial charge in [0, 0.05) is 11.9 Å². The zero-order valence-electron chi connectivity index (χ0n) is 10.5. The highest BCUT2D eigenvalue weighted by Crippen LogP contribution is 2.24. The van der Waals surface area contributed by atoms with E-state index in [1.807, 2.05) is 19.1 Å². The Morgan fingerprint density at radius 1 is 1.56 bits per heavy atom. The van der Waals surface area contributed by atoms with E-state index in [1.54, 1.807) is 6.20 Å². The molecule has 1 aromatic heterocycles. The molecular formula is C13H18N4O. The minimum Gasteiger partial charge on any atom is -0.397 e. The Balaban J connectivity index is 1.90. The standard InChI is InChI=1S/C13H18N4O/c1-9(2)8-18-4-3-15-13-6-12-10(5-11(13)14)7-16-17-12/h5-7,15H,1,3-4,8,14H2,2H3,(H,16,17). The summed E-state index contributed by atoms with van der Waals surface area (Å²) in [6.07, 6.45) is 1.76. The summed E-state index contributed by atoms with van der Waals surface area (Å²) >= 11 is 0. The fourth-order valence-electron chi connectivity index (χ4n) is 1.67. The molecule has 96 valence electrons. The van der Waals surface area contributed by atoms with E-state index >= 15 is 0 Å². The average Bonchev–Trinajstić information content (AvgIpc) is 2.75. The Morgan fingerprint density at radius 2 is 2.39 bits per heavy atom. The summed E-state index contributed by atoms with van der Waals surface area (Å²) in [4.78, 5) is 0. The van der Waals surface area contributed by atoms with Crippen molar-refractivity contribution in [3.8, 4) is 0 Å². The number of nitrogens with one attached hydrogen (secondary N) is 2. The molecule has 0 amide bonds. The number of hydrogen-bond acceptors (Lipinski definition) is 4. The van der Waals surface area contributed by atoms with Crippen LogP contribution in [0.1, 0.15) is 6.92 Å². The van der Waals surface area contributed by atoms with Crippen molar-refractivity contribution in [1.82, 2.24) is 10.2 Å². The highest BCUT2D eigenvalue weighted by molar-refractivity contribution is 5.88. The van der Waals surface area contributed by atoms with Crippen molar-refractivity contribution in [2.75, 3.05) is 30.8 Å². The van der Waals surface area contributed by atoms with Crippen LogP contribution in [-0.4, -0.2) is 30.0 Å². The molecule has 4 N–H and O–H groups in total. The first-order valence-corrected chi connectivity index (χ1v) is 5.85. The number of benzene rings is 1. The summed E-state index contributed by atoms with van der Waals surface area (Å²) in [7, 11) is 0. The molecule has 0 fully saturated rings. The van der Waals surface area contributed by atoms with Gasteiger partial charge in [0.25, 0.3) is 0 Å².